The van der Waals surface area contributed by atoms with E-state index in [4.69, 9.17) is 0 Å². The number of hydrazine groups is 1. The number of nitrogens with one attached hydrogen (secondary N) is 3. The molecule has 110 valence electrons. The number of hydrogen-bond donors (Lipinski definition) is 3. The first-order chi connectivity index (χ1) is 9.43. The lowest BCUT2D eigenvalue weighted by Gasteiger charge is -2.26. The van der Waals surface area contributed by atoms with Gasteiger partial charge in [-0.1, -0.05) is 18.2 Å². The van der Waals surface area contributed by atoms with E-state index in [2.05, 4.69) is 23.1 Å². The Kier molecular flexibility index (Phi) is 4.40. The molecule has 1 aliphatic heterocycles. The third kappa shape index (κ3) is 2.99. The number of amides is 1. The van der Waals surface area contributed by atoms with Gasteiger partial charge in [0.15, 0.2) is 0 Å². The van der Waals surface area contributed by atoms with E-state index in [9.17, 15) is 9.18 Å². The summed E-state index contributed by atoms with van der Waals surface area (Å²) in [5, 5.41) is 2.94. The van der Waals surface area contributed by atoms with Crippen molar-refractivity contribution in [2.45, 2.75) is 32.2 Å². The van der Waals surface area contributed by atoms with Gasteiger partial charge >= 0.3 is 0 Å². The average Bonchev–Trinajstić information content (AvgIpc) is 2.81. The summed E-state index contributed by atoms with van der Waals surface area (Å²) in [6.45, 7) is 6.96. The predicted molar refractivity (Wildman–Crippen MR) is 76.5 cm³/mol. The maximum Gasteiger partial charge on any atom is 0.230 e. The van der Waals surface area contributed by atoms with Crippen LogP contribution in [0.4, 0.5) is 4.39 Å². The maximum absolute atomic E-state index is 13.8. The number of halogens is 1. The van der Waals surface area contributed by atoms with Gasteiger partial charge in [0.05, 0.1) is 5.41 Å². The molecular weight excluding hydrogens is 257 g/mol. The van der Waals surface area contributed by atoms with Crippen LogP contribution in [0, 0.1) is 11.7 Å². The van der Waals surface area contributed by atoms with Crippen LogP contribution in [0.25, 0.3) is 0 Å². The molecule has 1 fully saturated rings. The number of carbonyl (C=O) groups is 1. The standard InChI is InChI=1S/C15H22FN3O/c1-10-11(9-18-19-10)8-17-14(20)15(2,3)12-6-4-5-7-13(12)16/h4-7,10-11,18-19H,8-9H2,1-3H3,(H,17,20). The van der Waals surface area contributed by atoms with E-state index in [0.29, 0.717) is 24.1 Å². The van der Waals surface area contributed by atoms with E-state index >= 15 is 0 Å². The highest BCUT2D eigenvalue weighted by Crippen LogP contribution is 2.26. The molecule has 1 aliphatic rings. The van der Waals surface area contributed by atoms with Gasteiger partial charge < -0.3 is 5.32 Å². The minimum Gasteiger partial charge on any atom is -0.355 e. The van der Waals surface area contributed by atoms with Gasteiger partial charge in [-0.05, 0) is 26.8 Å². The minimum absolute atomic E-state index is 0.151. The van der Waals surface area contributed by atoms with Crippen LogP contribution in [0.2, 0.25) is 0 Å². The Labute approximate surface area is 119 Å². The van der Waals surface area contributed by atoms with Gasteiger partial charge in [0.2, 0.25) is 5.91 Å². The minimum atomic E-state index is -0.881. The van der Waals surface area contributed by atoms with Crippen LogP contribution in [0.1, 0.15) is 26.3 Å². The molecule has 1 saturated heterocycles. The highest BCUT2D eigenvalue weighted by atomic mass is 19.1. The predicted octanol–water partition coefficient (Wildman–Crippen LogP) is 1.33. The Morgan fingerprint density at radius 1 is 1.45 bits per heavy atom. The summed E-state index contributed by atoms with van der Waals surface area (Å²) in [5.41, 5.74) is 5.72. The molecule has 1 amide bonds. The molecule has 0 aliphatic carbocycles. The zero-order chi connectivity index (χ0) is 14.8. The number of rotatable bonds is 4. The Balaban J connectivity index is 2.02. The van der Waals surface area contributed by atoms with E-state index in [1.807, 2.05) is 0 Å². The SMILES string of the molecule is CC1NNCC1CNC(=O)C(C)(C)c1ccccc1F. The molecule has 4 nitrogen and oxygen atoms in total. The molecule has 5 heteroatoms. The zero-order valence-electron chi connectivity index (χ0n) is 12.2. The van der Waals surface area contributed by atoms with Gasteiger partial charge in [-0.15, -0.1) is 0 Å². The van der Waals surface area contributed by atoms with E-state index < -0.39 is 5.41 Å². The Morgan fingerprint density at radius 3 is 2.75 bits per heavy atom. The van der Waals surface area contributed by atoms with Crippen molar-refractivity contribution >= 4 is 5.91 Å². The van der Waals surface area contributed by atoms with Crippen molar-refractivity contribution in [3.8, 4) is 0 Å². The first-order valence-corrected chi connectivity index (χ1v) is 6.94. The van der Waals surface area contributed by atoms with Crippen molar-refractivity contribution in [2.75, 3.05) is 13.1 Å². The van der Waals surface area contributed by atoms with Gasteiger partial charge in [0.25, 0.3) is 0 Å². The molecule has 0 radical (unpaired) electrons. The smallest absolute Gasteiger partial charge is 0.230 e. The Hall–Kier alpha value is -1.46. The highest BCUT2D eigenvalue weighted by molar-refractivity contribution is 5.87. The molecule has 1 aromatic carbocycles. The van der Waals surface area contributed by atoms with Gasteiger partial charge in [-0.2, -0.15) is 0 Å². The first kappa shape index (κ1) is 14.9. The summed E-state index contributed by atoms with van der Waals surface area (Å²) in [7, 11) is 0. The summed E-state index contributed by atoms with van der Waals surface area (Å²) >= 11 is 0. The van der Waals surface area contributed by atoms with E-state index in [1.54, 1.807) is 32.0 Å². The van der Waals surface area contributed by atoms with Crippen LogP contribution in [-0.4, -0.2) is 25.0 Å². The van der Waals surface area contributed by atoms with Crippen molar-refractivity contribution < 1.29 is 9.18 Å². The van der Waals surface area contributed by atoms with Crippen LogP contribution in [-0.2, 0) is 10.2 Å². The second-order valence-electron chi connectivity index (χ2n) is 5.89. The van der Waals surface area contributed by atoms with E-state index in [-0.39, 0.29) is 11.7 Å². The normalized spacial score (nSPS) is 22.8. The Bertz CT molecular complexity index is 490. The summed E-state index contributed by atoms with van der Waals surface area (Å²) in [6.07, 6.45) is 0. The molecule has 2 rings (SSSR count). The summed E-state index contributed by atoms with van der Waals surface area (Å²) in [5.74, 6) is -0.151. The quantitative estimate of drug-likeness (QED) is 0.779. The third-order valence-corrected chi connectivity index (χ3v) is 4.04. The summed E-state index contributed by atoms with van der Waals surface area (Å²) in [4.78, 5) is 12.4. The maximum atomic E-state index is 13.8. The van der Waals surface area contributed by atoms with E-state index in [1.165, 1.54) is 6.07 Å². The number of hydrogen-bond acceptors (Lipinski definition) is 3. The van der Waals surface area contributed by atoms with Crippen molar-refractivity contribution in [1.82, 2.24) is 16.2 Å². The third-order valence-electron chi connectivity index (χ3n) is 4.04. The van der Waals surface area contributed by atoms with Crippen LogP contribution in [0.3, 0.4) is 0 Å². The first-order valence-electron chi connectivity index (χ1n) is 6.94. The average molecular weight is 279 g/mol. The highest BCUT2D eigenvalue weighted by Gasteiger charge is 2.33. The number of carbonyl (C=O) groups excluding carboxylic acids is 1. The van der Waals surface area contributed by atoms with Crippen LogP contribution < -0.4 is 16.2 Å². The summed E-state index contributed by atoms with van der Waals surface area (Å²) in [6, 6.07) is 6.74. The molecule has 1 heterocycles. The van der Waals surface area contributed by atoms with Gasteiger partial charge in [0.1, 0.15) is 5.82 Å². The molecule has 0 spiro atoms. The van der Waals surface area contributed by atoms with Crippen LogP contribution in [0.5, 0.6) is 0 Å². The lowest BCUT2D eigenvalue weighted by atomic mass is 9.83. The van der Waals surface area contributed by atoms with Crippen molar-refractivity contribution in [3.63, 3.8) is 0 Å². The van der Waals surface area contributed by atoms with Crippen molar-refractivity contribution in [1.29, 1.82) is 0 Å². The molecule has 0 bridgehead atoms. The van der Waals surface area contributed by atoms with Crippen molar-refractivity contribution in [3.05, 3.63) is 35.6 Å². The van der Waals surface area contributed by atoms with E-state index in [0.717, 1.165) is 6.54 Å². The van der Waals surface area contributed by atoms with Gasteiger partial charge in [-0.25, -0.2) is 4.39 Å². The Morgan fingerprint density at radius 2 is 2.15 bits per heavy atom. The fourth-order valence-corrected chi connectivity index (χ4v) is 2.43. The largest absolute Gasteiger partial charge is 0.355 e. The second-order valence-corrected chi connectivity index (χ2v) is 5.89. The van der Waals surface area contributed by atoms with Crippen molar-refractivity contribution in [2.24, 2.45) is 5.92 Å². The molecule has 0 saturated carbocycles. The molecular formula is C15H22FN3O. The lowest BCUT2D eigenvalue weighted by molar-refractivity contribution is -0.125. The molecule has 20 heavy (non-hydrogen) atoms. The molecule has 2 atom stereocenters. The van der Waals surface area contributed by atoms with Gasteiger partial charge in [0, 0.05) is 30.6 Å². The van der Waals surface area contributed by atoms with Crippen LogP contribution in [0.15, 0.2) is 24.3 Å². The van der Waals surface area contributed by atoms with Gasteiger partial charge in [-0.3, -0.25) is 15.6 Å². The molecule has 1 aromatic rings. The fourth-order valence-electron chi connectivity index (χ4n) is 2.43. The lowest BCUT2D eigenvalue weighted by Crippen LogP contribution is -2.44. The summed E-state index contributed by atoms with van der Waals surface area (Å²) < 4.78 is 13.8. The molecule has 3 N–H and O–H groups in total. The second kappa shape index (κ2) is 5.89. The number of benzene rings is 1. The van der Waals surface area contributed by atoms with Crippen LogP contribution >= 0.6 is 0 Å². The zero-order valence-corrected chi connectivity index (χ0v) is 12.2. The molecule has 2 unspecified atom stereocenters. The monoisotopic (exact) mass is 279 g/mol. The topological polar surface area (TPSA) is 53.2 Å². The fraction of sp³-hybridized carbons (Fsp3) is 0.533. The molecule has 0 aromatic heterocycles.